The van der Waals surface area contributed by atoms with Gasteiger partial charge in [0.1, 0.15) is 12.1 Å². The zero-order valence-electron chi connectivity index (χ0n) is 41.1. The summed E-state index contributed by atoms with van der Waals surface area (Å²) < 4.78 is 57.7. The van der Waals surface area contributed by atoms with Crippen molar-refractivity contribution >= 4 is 11.9 Å². The van der Waals surface area contributed by atoms with E-state index in [9.17, 15) is 9.59 Å². The standard InChI is InChI=1S/C52H68N2O12.2ClH/c1-53(23-19-37-31-47(61-7)49(63-9)33-39(37)41(53)27-35-13-15-43(57-3)45(29-35)59-5)21-11-25-65-51(55)17-18-52(56)66-26-12-22-54(2)24-20-38-32-48(62-8)50(64-10)34-40(38)42(54)28-36-14-16-44(58-4)46(30-36)60-6;;/h13-18,29-34,41-42H,11-12,19-28H2,1-10H3;2*1H/q+2;;/p-2/b18-17+;;/t41-,42?,53-,54-;;/m1../s1. The molecule has 0 saturated carbocycles. The number of rotatable bonds is 22. The second-order valence-electron chi connectivity index (χ2n) is 17.4. The summed E-state index contributed by atoms with van der Waals surface area (Å²) in [5.41, 5.74) is 7.06. The van der Waals surface area contributed by atoms with Gasteiger partial charge in [0.2, 0.25) is 0 Å². The summed E-state index contributed by atoms with van der Waals surface area (Å²) in [6.07, 6.45) is 6.73. The van der Waals surface area contributed by atoms with Crippen LogP contribution in [0, 0.1) is 0 Å². The second-order valence-corrected chi connectivity index (χ2v) is 17.4. The van der Waals surface area contributed by atoms with E-state index in [4.69, 9.17) is 47.4 Å². The summed E-state index contributed by atoms with van der Waals surface area (Å²) in [7, 11) is 17.7. The molecular formula is C52H68Cl2N2O12. The molecule has 0 fully saturated rings. The molecule has 4 atom stereocenters. The van der Waals surface area contributed by atoms with Crippen LogP contribution in [0.5, 0.6) is 46.0 Å². The third-order valence-electron chi connectivity index (χ3n) is 13.5. The van der Waals surface area contributed by atoms with E-state index >= 15 is 0 Å². The Bertz CT molecular complexity index is 2200. The van der Waals surface area contributed by atoms with Crippen LogP contribution in [-0.4, -0.2) is 131 Å². The Kier molecular flexibility index (Phi) is 20.4. The molecule has 16 heteroatoms. The Labute approximate surface area is 414 Å². The highest BCUT2D eigenvalue weighted by molar-refractivity contribution is 5.91. The van der Waals surface area contributed by atoms with Crippen LogP contribution in [0.4, 0.5) is 0 Å². The predicted molar refractivity (Wildman–Crippen MR) is 251 cm³/mol. The van der Waals surface area contributed by atoms with Crippen LogP contribution in [0.15, 0.2) is 72.8 Å². The van der Waals surface area contributed by atoms with Crippen LogP contribution in [0.25, 0.3) is 0 Å². The Balaban J connectivity index is 0.00000504. The van der Waals surface area contributed by atoms with E-state index in [0.29, 0.717) is 58.8 Å². The molecule has 2 heterocycles. The first kappa shape index (κ1) is 55.1. The molecule has 0 N–H and O–H groups in total. The van der Waals surface area contributed by atoms with Crippen molar-refractivity contribution in [2.75, 3.05) is 110 Å². The zero-order chi connectivity index (χ0) is 47.4. The molecule has 4 aromatic carbocycles. The van der Waals surface area contributed by atoms with Crippen molar-refractivity contribution in [3.63, 3.8) is 0 Å². The molecule has 0 bridgehead atoms. The SMILES string of the molecule is COc1ccc(CC2c3cc(OC)c(OC)cc3CC[N@@+]2(C)CCCOC(=O)/C=C/C(=O)OCCC[N@+]2(C)CCc3cc(OC)c(OC)cc3[C@H]2Cc2ccc(OC)c(OC)c2)cc1OC.[Cl-].[Cl-]. The first-order valence-corrected chi connectivity index (χ1v) is 22.5. The van der Waals surface area contributed by atoms with Crippen molar-refractivity contribution in [3.8, 4) is 46.0 Å². The molecule has 6 rings (SSSR count). The highest BCUT2D eigenvalue weighted by Gasteiger charge is 2.41. The van der Waals surface area contributed by atoms with E-state index in [1.807, 2.05) is 24.3 Å². The van der Waals surface area contributed by atoms with E-state index in [0.717, 1.165) is 84.1 Å². The third-order valence-corrected chi connectivity index (χ3v) is 13.5. The van der Waals surface area contributed by atoms with Gasteiger partial charge in [-0.25, -0.2) is 9.59 Å². The van der Waals surface area contributed by atoms with Crippen molar-refractivity contribution in [1.29, 1.82) is 0 Å². The molecule has 1 unspecified atom stereocenters. The van der Waals surface area contributed by atoms with Crippen LogP contribution in [-0.2, 0) is 44.7 Å². The number of carbonyl (C=O) groups excluding carboxylic acids is 2. The Morgan fingerprint density at radius 1 is 0.485 bits per heavy atom. The molecule has 68 heavy (non-hydrogen) atoms. The molecule has 0 radical (unpaired) electrons. The first-order valence-electron chi connectivity index (χ1n) is 22.5. The number of nitrogens with zero attached hydrogens (tertiary/aromatic N) is 2. The number of halogens is 2. The van der Waals surface area contributed by atoms with E-state index in [1.165, 1.54) is 22.3 Å². The van der Waals surface area contributed by atoms with Crippen molar-refractivity contribution < 1.29 is 90.7 Å². The molecule has 0 amide bonds. The Morgan fingerprint density at radius 3 is 1.15 bits per heavy atom. The average Bonchev–Trinajstić information content (AvgIpc) is 3.34. The van der Waals surface area contributed by atoms with Gasteiger partial charge in [-0.05, 0) is 70.8 Å². The molecular weight excluding hydrogens is 915 g/mol. The van der Waals surface area contributed by atoms with Crippen molar-refractivity contribution in [3.05, 3.63) is 106 Å². The minimum Gasteiger partial charge on any atom is -1.00 e. The van der Waals surface area contributed by atoms with Crippen LogP contribution in [0.1, 0.15) is 58.3 Å². The number of hydrogen-bond acceptors (Lipinski definition) is 12. The molecule has 2 aliphatic heterocycles. The van der Waals surface area contributed by atoms with Gasteiger partial charge in [0, 0.05) is 61.8 Å². The van der Waals surface area contributed by atoms with E-state index in [1.54, 1.807) is 56.9 Å². The number of hydrogen-bond donors (Lipinski definition) is 0. The molecule has 0 saturated heterocycles. The topological polar surface area (TPSA) is 126 Å². The smallest absolute Gasteiger partial charge is 0.331 e. The van der Waals surface area contributed by atoms with Gasteiger partial charge in [-0.2, -0.15) is 0 Å². The normalized spacial score (nSPS) is 19.2. The summed E-state index contributed by atoms with van der Waals surface area (Å²) in [5.74, 6) is 4.31. The van der Waals surface area contributed by atoms with Gasteiger partial charge in [0.15, 0.2) is 46.0 Å². The lowest BCUT2D eigenvalue weighted by molar-refractivity contribution is -0.941. The van der Waals surface area contributed by atoms with Crippen LogP contribution in [0.2, 0.25) is 0 Å². The maximum atomic E-state index is 12.8. The van der Waals surface area contributed by atoms with Gasteiger partial charge >= 0.3 is 11.9 Å². The number of ether oxygens (including phenoxy) is 10. The van der Waals surface area contributed by atoms with Gasteiger partial charge in [-0.3, -0.25) is 0 Å². The molecule has 372 valence electrons. The highest BCUT2D eigenvalue weighted by atomic mass is 35.5. The summed E-state index contributed by atoms with van der Waals surface area (Å²) in [6.45, 7) is 3.69. The predicted octanol–water partition coefficient (Wildman–Crippen LogP) is 1.46. The van der Waals surface area contributed by atoms with E-state index in [-0.39, 0.29) is 50.1 Å². The number of benzene rings is 4. The number of carbonyl (C=O) groups is 2. The largest absolute Gasteiger partial charge is 1.00 e. The van der Waals surface area contributed by atoms with Crippen LogP contribution >= 0.6 is 0 Å². The fourth-order valence-electron chi connectivity index (χ4n) is 9.75. The Morgan fingerprint density at radius 2 is 0.809 bits per heavy atom. The lowest BCUT2D eigenvalue weighted by Gasteiger charge is -2.46. The minimum atomic E-state index is -0.590. The van der Waals surface area contributed by atoms with Crippen LogP contribution in [0.3, 0.4) is 0 Å². The zero-order valence-corrected chi connectivity index (χ0v) is 42.6. The quantitative estimate of drug-likeness (QED) is 0.0491. The average molecular weight is 984 g/mol. The first-order chi connectivity index (χ1) is 31.9. The number of quaternary nitrogens is 2. The number of likely N-dealkylation sites (N-methyl/N-ethyl adjacent to an activating group) is 2. The summed E-state index contributed by atoms with van der Waals surface area (Å²) in [4.78, 5) is 25.6. The summed E-state index contributed by atoms with van der Waals surface area (Å²) in [5, 5.41) is 0. The van der Waals surface area contributed by atoms with Gasteiger partial charge in [-0.1, -0.05) is 12.1 Å². The number of methoxy groups -OCH3 is 8. The maximum Gasteiger partial charge on any atom is 0.331 e. The molecule has 0 spiro atoms. The fourth-order valence-corrected chi connectivity index (χ4v) is 9.75. The highest BCUT2D eigenvalue weighted by Crippen LogP contribution is 2.45. The van der Waals surface area contributed by atoms with Crippen LogP contribution < -0.4 is 62.7 Å². The summed E-state index contributed by atoms with van der Waals surface area (Å²) >= 11 is 0. The minimum absolute atomic E-state index is 0. The lowest BCUT2D eigenvalue weighted by atomic mass is 9.86. The molecule has 2 aliphatic rings. The molecule has 14 nitrogen and oxygen atoms in total. The second kappa shape index (κ2) is 25.2. The van der Waals surface area contributed by atoms with E-state index in [2.05, 4.69) is 50.5 Å². The molecule has 0 aromatic heterocycles. The third kappa shape index (κ3) is 12.8. The van der Waals surface area contributed by atoms with Crippen molar-refractivity contribution in [2.24, 2.45) is 0 Å². The van der Waals surface area contributed by atoms with Gasteiger partial charge in [-0.15, -0.1) is 0 Å². The van der Waals surface area contributed by atoms with E-state index < -0.39 is 11.9 Å². The number of esters is 2. The monoisotopic (exact) mass is 982 g/mol. The van der Waals surface area contributed by atoms with Gasteiger partial charge in [0.25, 0.3) is 0 Å². The lowest BCUT2D eigenvalue weighted by Crippen LogP contribution is -3.00. The van der Waals surface area contributed by atoms with Gasteiger partial charge in [0.05, 0.1) is 110 Å². The number of fused-ring (bicyclic) bond motifs is 2. The fraction of sp³-hybridized carbons (Fsp3) is 0.462. The van der Waals surface area contributed by atoms with Gasteiger partial charge < -0.3 is 81.1 Å². The maximum absolute atomic E-state index is 12.8. The Hall–Kier alpha value is -5.54. The molecule has 4 aromatic rings. The van der Waals surface area contributed by atoms with Crippen molar-refractivity contribution in [2.45, 2.75) is 50.6 Å². The molecule has 0 aliphatic carbocycles. The van der Waals surface area contributed by atoms with Crippen molar-refractivity contribution in [1.82, 2.24) is 0 Å². The summed E-state index contributed by atoms with van der Waals surface area (Å²) in [6, 6.07) is 20.6.